The number of rotatable bonds is 2. The Morgan fingerprint density at radius 1 is 1.29 bits per heavy atom. The fourth-order valence-corrected chi connectivity index (χ4v) is 3.17. The topological polar surface area (TPSA) is 20.2 Å². The summed E-state index contributed by atoms with van der Waals surface area (Å²) in [5.74, 6) is 0.305. The molecule has 1 aliphatic carbocycles. The number of benzene rings is 1. The minimum Gasteiger partial charge on any atom is -0.388 e. The van der Waals surface area contributed by atoms with E-state index >= 15 is 0 Å². The van der Waals surface area contributed by atoms with Crippen molar-refractivity contribution in [1.82, 2.24) is 0 Å². The van der Waals surface area contributed by atoms with Gasteiger partial charge in [0.25, 0.3) is 0 Å². The summed E-state index contributed by atoms with van der Waals surface area (Å²) >= 11 is 11.9. The van der Waals surface area contributed by atoms with Crippen molar-refractivity contribution in [1.29, 1.82) is 0 Å². The molecule has 3 heteroatoms. The van der Waals surface area contributed by atoms with E-state index in [1.54, 1.807) is 12.1 Å². The van der Waals surface area contributed by atoms with E-state index in [1.165, 1.54) is 12.8 Å². The van der Waals surface area contributed by atoms with Crippen LogP contribution in [-0.2, 0) is 0 Å². The van der Waals surface area contributed by atoms with Gasteiger partial charge in [0.05, 0.1) is 16.1 Å². The summed E-state index contributed by atoms with van der Waals surface area (Å²) < 4.78 is 0. The van der Waals surface area contributed by atoms with Crippen LogP contribution in [0.1, 0.15) is 44.8 Å². The molecular formula is C14H18Cl2O. The van der Waals surface area contributed by atoms with Crippen LogP contribution in [0.15, 0.2) is 18.2 Å². The van der Waals surface area contributed by atoms with Crippen molar-refractivity contribution in [3.63, 3.8) is 0 Å². The van der Waals surface area contributed by atoms with Crippen LogP contribution >= 0.6 is 23.2 Å². The van der Waals surface area contributed by atoms with Crippen molar-refractivity contribution in [2.45, 2.75) is 39.2 Å². The van der Waals surface area contributed by atoms with Crippen molar-refractivity contribution < 1.29 is 5.11 Å². The fraction of sp³-hybridized carbons (Fsp3) is 0.571. The summed E-state index contributed by atoms with van der Waals surface area (Å²) in [6.07, 6.45) is 3.00. The average molecular weight is 273 g/mol. The predicted octanol–water partition coefficient (Wildman–Crippen LogP) is 4.85. The monoisotopic (exact) mass is 272 g/mol. The van der Waals surface area contributed by atoms with Gasteiger partial charge in [0.1, 0.15) is 0 Å². The lowest BCUT2D eigenvalue weighted by atomic mass is 9.77. The zero-order chi connectivity index (χ0) is 12.6. The molecule has 0 spiro atoms. The van der Waals surface area contributed by atoms with Gasteiger partial charge in [-0.3, -0.25) is 0 Å². The molecule has 0 amide bonds. The normalized spacial score (nSPS) is 24.9. The highest BCUT2D eigenvalue weighted by atomic mass is 35.5. The van der Waals surface area contributed by atoms with Gasteiger partial charge in [0.15, 0.2) is 0 Å². The van der Waals surface area contributed by atoms with E-state index in [0.717, 1.165) is 12.0 Å². The molecule has 0 bridgehead atoms. The van der Waals surface area contributed by atoms with Gasteiger partial charge in [-0.1, -0.05) is 49.5 Å². The molecule has 2 atom stereocenters. The summed E-state index contributed by atoms with van der Waals surface area (Å²) in [6, 6.07) is 5.40. The summed E-state index contributed by atoms with van der Waals surface area (Å²) in [7, 11) is 0. The van der Waals surface area contributed by atoms with E-state index in [0.29, 0.717) is 16.0 Å². The van der Waals surface area contributed by atoms with Gasteiger partial charge in [-0.2, -0.15) is 0 Å². The Morgan fingerprint density at radius 2 is 2.00 bits per heavy atom. The van der Waals surface area contributed by atoms with E-state index in [4.69, 9.17) is 23.2 Å². The van der Waals surface area contributed by atoms with Crippen LogP contribution in [0.4, 0.5) is 0 Å². The first-order valence-corrected chi connectivity index (χ1v) is 6.80. The molecule has 1 saturated carbocycles. The molecule has 2 rings (SSSR count). The first-order valence-electron chi connectivity index (χ1n) is 6.05. The first-order chi connectivity index (χ1) is 7.92. The SMILES string of the molecule is CC1(C)CCCC1C(O)c1ccc(Cl)c(Cl)c1. The molecule has 0 aliphatic heterocycles. The van der Waals surface area contributed by atoms with E-state index in [9.17, 15) is 5.11 Å². The summed E-state index contributed by atoms with van der Waals surface area (Å²) in [5.41, 5.74) is 1.07. The maximum Gasteiger partial charge on any atom is 0.0823 e. The molecule has 94 valence electrons. The molecule has 1 fully saturated rings. The maximum atomic E-state index is 10.5. The second kappa shape index (κ2) is 4.79. The smallest absolute Gasteiger partial charge is 0.0823 e. The molecule has 1 aromatic rings. The van der Waals surface area contributed by atoms with Crippen LogP contribution in [0.5, 0.6) is 0 Å². The van der Waals surface area contributed by atoms with Crippen LogP contribution in [-0.4, -0.2) is 5.11 Å². The lowest BCUT2D eigenvalue weighted by Gasteiger charge is -2.31. The van der Waals surface area contributed by atoms with E-state index in [-0.39, 0.29) is 5.41 Å². The molecule has 1 nitrogen and oxygen atoms in total. The second-order valence-electron chi connectivity index (χ2n) is 5.61. The lowest BCUT2D eigenvalue weighted by Crippen LogP contribution is -2.24. The second-order valence-corrected chi connectivity index (χ2v) is 6.42. The minimum atomic E-state index is -0.442. The Labute approximate surface area is 113 Å². The van der Waals surface area contributed by atoms with Gasteiger partial charge in [-0.15, -0.1) is 0 Å². The average Bonchev–Trinajstić information content (AvgIpc) is 2.61. The molecule has 0 heterocycles. The Morgan fingerprint density at radius 3 is 2.53 bits per heavy atom. The van der Waals surface area contributed by atoms with Crippen LogP contribution in [0.3, 0.4) is 0 Å². The summed E-state index contributed by atoms with van der Waals surface area (Å²) in [6.45, 7) is 4.46. The van der Waals surface area contributed by atoms with Crippen LogP contribution in [0.25, 0.3) is 0 Å². The zero-order valence-electron chi connectivity index (χ0n) is 10.2. The van der Waals surface area contributed by atoms with Crippen molar-refractivity contribution >= 4 is 23.2 Å². The lowest BCUT2D eigenvalue weighted by molar-refractivity contribution is 0.0532. The Balaban J connectivity index is 2.25. The molecule has 0 radical (unpaired) electrons. The molecule has 1 aliphatic rings. The Bertz CT molecular complexity index is 415. The third-order valence-corrected chi connectivity index (χ3v) is 4.75. The van der Waals surface area contributed by atoms with Crippen molar-refractivity contribution in [2.24, 2.45) is 11.3 Å². The largest absolute Gasteiger partial charge is 0.388 e. The zero-order valence-corrected chi connectivity index (χ0v) is 11.7. The molecule has 0 saturated heterocycles. The molecular weight excluding hydrogens is 255 g/mol. The predicted molar refractivity (Wildman–Crippen MR) is 72.5 cm³/mol. The number of halogens is 2. The summed E-state index contributed by atoms with van der Waals surface area (Å²) in [4.78, 5) is 0. The van der Waals surface area contributed by atoms with Gasteiger partial charge >= 0.3 is 0 Å². The Hall–Kier alpha value is -0.240. The summed E-state index contributed by atoms with van der Waals surface area (Å²) in [5, 5.41) is 11.5. The van der Waals surface area contributed by atoms with Gasteiger partial charge in [0, 0.05) is 0 Å². The number of aliphatic hydroxyl groups excluding tert-OH is 1. The van der Waals surface area contributed by atoms with Gasteiger partial charge in [-0.25, -0.2) is 0 Å². The van der Waals surface area contributed by atoms with Gasteiger partial charge in [-0.05, 0) is 41.9 Å². The highest BCUT2D eigenvalue weighted by molar-refractivity contribution is 6.42. The molecule has 2 unspecified atom stereocenters. The van der Waals surface area contributed by atoms with Crippen LogP contribution in [0, 0.1) is 11.3 Å². The van der Waals surface area contributed by atoms with Crippen molar-refractivity contribution in [3.8, 4) is 0 Å². The molecule has 1 N–H and O–H groups in total. The fourth-order valence-electron chi connectivity index (χ4n) is 2.87. The van der Waals surface area contributed by atoms with E-state index in [1.807, 2.05) is 6.07 Å². The highest BCUT2D eigenvalue weighted by Gasteiger charge is 2.39. The first kappa shape index (κ1) is 13.2. The van der Waals surface area contributed by atoms with Crippen molar-refractivity contribution in [3.05, 3.63) is 33.8 Å². The van der Waals surface area contributed by atoms with Crippen LogP contribution in [0.2, 0.25) is 10.0 Å². The van der Waals surface area contributed by atoms with E-state index in [2.05, 4.69) is 13.8 Å². The van der Waals surface area contributed by atoms with E-state index < -0.39 is 6.10 Å². The Kier molecular flexibility index (Phi) is 3.72. The molecule has 0 aromatic heterocycles. The molecule has 17 heavy (non-hydrogen) atoms. The minimum absolute atomic E-state index is 0.200. The third kappa shape index (κ3) is 2.62. The third-order valence-electron chi connectivity index (χ3n) is 4.01. The highest BCUT2D eigenvalue weighted by Crippen LogP contribution is 2.48. The standard InChI is InChI=1S/C14H18Cl2O/c1-14(2)7-3-4-10(14)13(17)9-5-6-11(15)12(16)8-9/h5-6,8,10,13,17H,3-4,7H2,1-2H3. The maximum absolute atomic E-state index is 10.5. The van der Waals surface area contributed by atoms with Gasteiger partial charge in [0.2, 0.25) is 0 Å². The quantitative estimate of drug-likeness (QED) is 0.816. The van der Waals surface area contributed by atoms with Gasteiger partial charge < -0.3 is 5.11 Å². The number of hydrogen-bond acceptors (Lipinski definition) is 1. The molecule has 1 aromatic carbocycles. The van der Waals surface area contributed by atoms with Crippen LogP contribution < -0.4 is 0 Å². The number of hydrogen-bond donors (Lipinski definition) is 1. The van der Waals surface area contributed by atoms with Crippen molar-refractivity contribution in [2.75, 3.05) is 0 Å². The number of aliphatic hydroxyl groups is 1.